The van der Waals surface area contributed by atoms with Crippen LogP contribution < -0.4 is 5.73 Å². The molecule has 0 saturated carbocycles. The Labute approximate surface area is 95.4 Å². The molecule has 0 rings (SSSR count). The third-order valence-electron chi connectivity index (χ3n) is 2.58. The second-order valence-corrected chi connectivity index (χ2v) is 5.08. The summed E-state index contributed by atoms with van der Waals surface area (Å²) in [5.41, 5.74) is 9.10. The van der Waals surface area contributed by atoms with Gasteiger partial charge >= 0.3 is 0 Å². The van der Waals surface area contributed by atoms with Crippen molar-refractivity contribution in [3.05, 3.63) is 23.3 Å². The monoisotopic (exact) mass is 209 g/mol. The van der Waals surface area contributed by atoms with Crippen LogP contribution in [-0.4, -0.2) is 5.54 Å². The average molecular weight is 209 g/mol. The van der Waals surface area contributed by atoms with Crippen LogP contribution in [0.1, 0.15) is 60.3 Å². The minimum Gasteiger partial charge on any atom is -0.325 e. The van der Waals surface area contributed by atoms with Crippen molar-refractivity contribution < 1.29 is 0 Å². The molecule has 15 heavy (non-hydrogen) atoms. The fourth-order valence-electron chi connectivity index (χ4n) is 1.60. The summed E-state index contributed by atoms with van der Waals surface area (Å²) in [6.45, 7) is 10.7. The van der Waals surface area contributed by atoms with Gasteiger partial charge in [0.05, 0.1) is 0 Å². The number of rotatable bonds is 6. The molecule has 0 amide bonds. The fraction of sp³-hybridized carbons (Fsp3) is 0.714. The maximum atomic E-state index is 6.42. The third-order valence-corrected chi connectivity index (χ3v) is 2.58. The van der Waals surface area contributed by atoms with Crippen molar-refractivity contribution in [2.75, 3.05) is 0 Å². The fourth-order valence-corrected chi connectivity index (χ4v) is 1.60. The highest BCUT2D eigenvalue weighted by atomic mass is 14.7. The Hall–Kier alpha value is -0.560. The Bertz CT molecular complexity index is 208. The second kappa shape index (κ2) is 6.84. The van der Waals surface area contributed by atoms with Crippen molar-refractivity contribution in [2.24, 2.45) is 5.73 Å². The summed E-state index contributed by atoms with van der Waals surface area (Å²) in [6.07, 6.45) is 8.76. The van der Waals surface area contributed by atoms with E-state index in [0.717, 1.165) is 25.7 Å². The SMILES string of the molecule is CCCC(N)(CC=C(C)C)CC=C(C)C. The van der Waals surface area contributed by atoms with E-state index in [1.807, 2.05) is 0 Å². The molecule has 0 aliphatic rings. The molecular weight excluding hydrogens is 182 g/mol. The summed E-state index contributed by atoms with van der Waals surface area (Å²) >= 11 is 0. The van der Waals surface area contributed by atoms with Gasteiger partial charge in [0, 0.05) is 5.54 Å². The third kappa shape index (κ3) is 7.38. The van der Waals surface area contributed by atoms with Gasteiger partial charge in [-0.2, -0.15) is 0 Å². The van der Waals surface area contributed by atoms with Crippen LogP contribution >= 0.6 is 0 Å². The zero-order chi connectivity index (χ0) is 11.9. The molecule has 0 radical (unpaired) electrons. The molecule has 1 nitrogen and oxygen atoms in total. The summed E-state index contributed by atoms with van der Waals surface area (Å²) in [6, 6.07) is 0. The highest BCUT2D eigenvalue weighted by molar-refractivity contribution is 5.05. The minimum atomic E-state index is -0.0384. The summed E-state index contributed by atoms with van der Waals surface area (Å²) in [4.78, 5) is 0. The van der Waals surface area contributed by atoms with Crippen LogP contribution in [0.4, 0.5) is 0 Å². The molecule has 0 bridgehead atoms. The van der Waals surface area contributed by atoms with Gasteiger partial charge in [0.15, 0.2) is 0 Å². The van der Waals surface area contributed by atoms with E-state index in [-0.39, 0.29) is 5.54 Å². The maximum absolute atomic E-state index is 6.42. The van der Waals surface area contributed by atoms with Gasteiger partial charge in [-0.15, -0.1) is 0 Å². The number of hydrogen-bond donors (Lipinski definition) is 1. The average Bonchev–Trinajstić information content (AvgIpc) is 2.13. The van der Waals surface area contributed by atoms with Gasteiger partial charge in [0.1, 0.15) is 0 Å². The smallest absolute Gasteiger partial charge is 0.0224 e. The van der Waals surface area contributed by atoms with Crippen LogP contribution in [0.15, 0.2) is 23.3 Å². The lowest BCUT2D eigenvalue weighted by Crippen LogP contribution is -2.38. The summed E-state index contributed by atoms with van der Waals surface area (Å²) in [7, 11) is 0. The van der Waals surface area contributed by atoms with Crippen LogP contribution in [-0.2, 0) is 0 Å². The molecule has 0 aromatic rings. The van der Waals surface area contributed by atoms with Crippen LogP contribution in [0, 0.1) is 0 Å². The molecule has 0 heterocycles. The molecule has 0 aromatic carbocycles. The lowest BCUT2D eigenvalue weighted by atomic mass is 9.86. The summed E-state index contributed by atoms with van der Waals surface area (Å²) in [5.74, 6) is 0. The van der Waals surface area contributed by atoms with Crippen molar-refractivity contribution in [1.29, 1.82) is 0 Å². The first-order valence-corrected chi connectivity index (χ1v) is 5.95. The van der Waals surface area contributed by atoms with E-state index in [1.54, 1.807) is 0 Å². The molecule has 0 spiro atoms. The highest BCUT2D eigenvalue weighted by Crippen LogP contribution is 2.21. The largest absolute Gasteiger partial charge is 0.325 e. The number of allylic oxidation sites excluding steroid dienone is 2. The van der Waals surface area contributed by atoms with Gasteiger partial charge in [-0.05, 0) is 47.0 Å². The lowest BCUT2D eigenvalue weighted by Gasteiger charge is -2.27. The first kappa shape index (κ1) is 14.4. The van der Waals surface area contributed by atoms with E-state index in [4.69, 9.17) is 5.73 Å². The first-order valence-electron chi connectivity index (χ1n) is 5.95. The molecule has 0 aromatic heterocycles. The Morgan fingerprint density at radius 2 is 1.40 bits per heavy atom. The molecule has 0 unspecified atom stereocenters. The van der Waals surface area contributed by atoms with E-state index in [2.05, 4.69) is 46.8 Å². The highest BCUT2D eigenvalue weighted by Gasteiger charge is 2.20. The van der Waals surface area contributed by atoms with E-state index in [9.17, 15) is 0 Å². The van der Waals surface area contributed by atoms with E-state index in [1.165, 1.54) is 11.1 Å². The zero-order valence-corrected chi connectivity index (χ0v) is 11.1. The van der Waals surface area contributed by atoms with Gasteiger partial charge < -0.3 is 5.73 Å². The van der Waals surface area contributed by atoms with Crippen LogP contribution in [0.2, 0.25) is 0 Å². The van der Waals surface area contributed by atoms with E-state index < -0.39 is 0 Å². The van der Waals surface area contributed by atoms with Crippen molar-refractivity contribution in [2.45, 2.75) is 65.8 Å². The number of hydrogen-bond acceptors (Lipinski definition) is 1. The first-order chi connectivity index (χ1) is 6.89. The Kier molecular flexibility index (Phi) is 6.58. The minimum absolute atomic E-state index is 0.0384. The quantitative estimate of drug-likeness (QED) is 0.652. The van der Waals surface area contributed by atoms with Crippen LogP contribution in [0.25, 0.3) is 0 Å². The molecule has 88 valence electrons. The predicted octanol–water partition coefficient (Wildman–Crippen LogP) is 4.20. The molecule has 2 N–H and O–H groups in total. The normalized spacial score (nSPS) is 11.1. The Morgan fingerprint density at radius 1 is 1.00 bits per heavy atom. The Balaban J connectivity index is 4.44. The molecule has 0 aliphatic carbocycles. The van der Waals surface area contributed by atoms with Crippen molar-refractivity contribution in [3.8, 4) is 0 Å². The van der Waals surface area contributed by atoms with Crippen molar-refractivity contribution >= 4 is 0 Å². The standard InChI is InChI=1S/C14H27N/c1-6-9-14(15,10-7-12(2)3)11-8-13(4)5/h7-8H,6,9-11,15H2,1-5H3. The van der Waals surface area contributed by atoms with Gasteiger partial charge in [-0.3, -0.25) is 0 Å². The predicted molar refractivity (Wildman–Crippen MR) is 69.9 cm³/mol. The summed E-state index contributed by atoms with van der Waals surface area (Å²) < 4.78 is 0. The van der Waals surface area contributed by atoms with E-state index >= 15 is 0 Å². The van der Waals surface area contributed by atoms with Crippen LogP contribution in [0.5, 0.6) is 0 Å². The molecule has 0 aliphatic heterocycles. The molecular formula is C14H27N. The molecule has 0 atom stereocenters. The van der Waals surface area contributed by atoms with Crippen LogP contribution in [0.3, 0.4) is 0 Å². The van der Waals surface area contributed by atoms with Gasteiger partial charge in [-0.1, -0.05) is 36.6 Å². The zero-order valence-electron chi connectivity index (χ0n) is 11.1. The van der Waals surface area contributed by atoms with Gasteiger partial charge in [-0.25, -0.2) is 0 Å². The van der Waals surface area contributed by atoms with Crippen molar-refractivity contribution in [3.63, 3.8) is 0 Å². The molecule has 0 fully saturated rings. The lowest BCUT2D eigenvalue weighted by molar-refractivity contribution is 0.395. The molecule has 0 saturated heterocycles. The van der Waals surface area contributed by atoms with Gasteiger partial charge in [0.2, 0.25) is 0 Å². The maximum Gasteiger partial charge on any atom is 0.0224 e. The topological polar surface area (TPSA) is 26.0 Å². The molecule has 1 heteroatoms. The Morgan fingerprint density at radius 3 is 1.67 bits per heavy atom. The second-order valence-electron chi connectivity index (χ2n) is 5.08. The van der Waals surface area contributed by atoms with Gasteiger partial charge in [0.25, 0.3) is 0 Å². The van der Waals surface area contributed by atoms with E-state index in [0.29, 0.717) is 0 Å². The summed E-state index contributed by atoms with van der Waals surface area (Å²) in [5, 5.41) is 0. The number of nitrogens with two attached hydrogens (primary N) is 1. The van der Waals surface area contributed by atoms with Crippen molar-refractivity contribution in [1.82, 2.24) is 0 Å².